The zero-order valence-corrected chi connectivity index (χ0v) is 9.53. The lowest BCUT2D eigenvalue weighted by atomic mass is 10.5. The molecule has 0 radical (unpaired) electrons. The molecule has 0 aromatic heterocycles. The van der Waals surface area contributed by atoms with Crippen molar-refractivity contribution >= 4 is 49.6 Å². The van der Waals surface area contributed by atoms with E-state index in [0.717, 1.165) is 17.9 Å². The van der Waals surface area contributed by atoms with Crippen LogP contribution in [0.25, 0.3) is 0 Å². The number of hydrogen-bond acceptors (Lipinski definition) is 4. The van der Waals surface area contributed by atoms with E-state index in [-0.39, 0.29) is 0 Å². The Morgan fingerprint density at radius 2 is 2.00 bits per heavy atom. The smallest absolute Gasteiger partial charge is 0.0585 e. The Kier molecular flexibility index (Phi) is 8.06. The van der Waals surface area contributed by atoms with E-state index >= 15 is 0 Å². The number of thioether (sulfide) groups is 1. The van der Waals surface area contributed by atoms with Crippen LogP contribution in [-0.4, -0.2) is 21.3 Å². The summed E-state index contributed by atoms with van der Waals surface area (Å²) in [5.74, 6) is 2.11. The predicted octanol–water partition coefficient (Wildman–Crippen LogP) is 2.61. The first-order valence-electron chi connectivity index (χ1n) is 3.27. The minimum atomic E-state index is 0.364. The highest BCUT2D eigenvalue weighted by atomic mass is 32.2. The average Bonchev–Trinajstić information content (AvgIpc) is 1.88. The van der Waals surface area contributed by atoms with Crippen LogP contribution in [0.5, 0.6) is 0 Å². The molecular formula is C6H14S4. The van der Waals surface area contributed by atoms with Crippen molar-refractivity contribution in [1.29, 1.82) is 0 Å². The van der Waals surface area contributed by atoms with Crippen LogP contribution in [0.3, 0.4) is 0 Å². The van der Waals surface area contributed by atoms with Crippen LogP contribution >= 0.6 is 49.6 Å². The second-order valence-electron chi connectivity index (χ2n) is 2.08. The first kappa shape index (κ1) is 11.4. The molecule has 0 aromatic carbocycles. The lowest BCUT2D eigenvalue weighted by Crippen LogP contribution is -2.06. The second kappa shape index (κ2) is 7.07. The van der Waals surface area contributed by atoms with E-state index in [1.54, 1.807) is 0 Å². The van der Waals surface area contributed by atoms with Gasteiger partial charge in [0, 0.05) is 5.25 Å². The summed E-state index contributed by atoms with van der Waals surface area (Å²) >= 11 is 14.6. The quantitative estimate of drug-likeness (QED) is 0.359. The number of thiol groups is 3. The summed E-state index contributed by atoms with van der Waals surface area (Å²) in [5.41, 5.74) is 0. The molecule has 0 N–H and O–H groups in total. The molecule has 0 rings (SSSR count). The summed E-state index contributed by atoms with van der Waals surface area (Å²) in [6.45, 7) is 2.06. The Balaban J connectivity index is 3.13. The maximum Gasteiger partial charge on any atom is 0.0585 e. The highest BCUT2D eigenvalue weighted by Crippen LogP contribution is 2.22. The van der Waals surface area contributed by atoms with Crippen LogP contribution in [0.4, 0.5) is 0 Å². The average molecular weight is 214 g/mol. The summed E-state index contributed by atoms with van der Waals surface area (Å²) in [4.78, 5) is 0. The third-order valence-corrected chi connectivity index (χ3v) is 4.22. The molecule has 0 aliphatic heterocycles. The van der Waals surface area contributed by atoms with Gasteiger partial charge in [-0.05, 0) is 17.9 Å². The van der Waals surface area contributed by atoms with Crippen LogP contribution in [0.15, 0.2) is 0 Å². The Morgan fingerprint density at radius 3 is 2.40 bits per heavy atom. The van der Waals surface area contributed by atoms with Crippen molar-refractivity contribution in [1.82, 2.24) is 0 Å². The summed E-state index contributed by atoms with van der Waals surface area (Å²) < 4.78 is 0.364. The van der Waals surface area contributed by atoms with Gasteiger partial charge in [0.15, 0.2) is 0 Å². The van der Waals surface area contributed by atoms with Gasteiger partial charge in [0.2, 0.25) is 0 Å². The van der Waals surface area contributed by atoms with E-state index in [0.29, 0.717) is 9.83 Å². The van der Waals surface area contributed by atoms with Crippen LogP contribution in [-0.2, 0) is 0 Å². The fourth-order valence-corrected chi connectivity index (χ4v) is 2.19. The summed E-state index contributed by atoms with van der Waals surface area (Å²) in [6.07, 6.45) is 1.16. The molecule has 0 saturated heterocycles. The summed E-state index contributed by atoms with van der Waals surface area (Å²) in [5, 5.41) is 0.369. The van der Waals surface area contributed by atoms with E-state index in [1.165, 1.54) is 0 Å². The SMILES string of the molecule is CC(S)[C@H](S)SCCCS. The maximum absolute atomic E-state index is 4.36. The van der Waals surface area contributed by atoms with Gasteiger partial charge >= 0.3 is 0 Å². The highest BCUT2D eigenvalue weighted by Gasteiger charge is 2.07. The van der Waals surface area contributed by atoms with E-state index in [2.05, 4.69) is 44.8 Å². The minimum absolute atomic E-state index is 0.364. The normalized spacial score (nSPS) is 16.8. The number of rotatable bonds is 5. The van der Waals surface area contributed by atoms with Gasteiger partial charge in [-0.25, -0.2) is 0 Å². The largest absolute Gasteiger partial charge is 0.179 e. The van der Waals surface area contributed by atoms with Crippen molar-refractivity contribution in [3.05, 3.63) is 0 Å². The van der Waals surface area contributed by atoms with Crippen LogP contribution in [0.1, 0.15) is 13.3 Å². The number of hydrogen-bond donors (Lipinski definition) is 3. The molecular weight excluding hydrogens is 200 g/mol. The van der Waals surface area contributed by atoms with E-state index in [1.807, 2.05) is 11.8 Å². The second-order valence-corrected chi connectivity index (χ2v) is 5.50. The van der Waals surface area contributed by atoms with E-state index in [9.17, 15) is 0 Å². The summed E-state index contributed by atoms with van der Waals surface area (Å²) in [7, 11) is 0. The van der Waals surface area contributed by atoms with Crippen molar-refractivity contribution in [3.8, 4) is 0 Å². The van der Waals surface area contributed by atoms with Gasteiger partial charge in [-0.15, -0.1) is 11.8 Å². The highest BCUT2D eigenvalue weighted by molar-refractivity contribution is 8.11. The fraction of sp³-hybridized carbons (Fsp3) is 1.00. The van der Waals surface area contributed by atoms with Crippen LogP contribution in [0.2, 0.25) is 0 Å². The molecule has 0 aliphatic rings. The first-order valence-corrected chi connectivity index (χ1v) is 5.98. The van der Waals surface area contributed by atoms with Crippen molar-refractivity contribution in [2.45, 2.75) is 23.2 Å². The van der Waals surface area contributed by atoms with Gasteiger partial charge in [-0.3, -0.25) is 0 Å². The molecule has 0 amide bonds. The van der Waals surface area contributed by atoms with Gasteiger partial charge in [-0.1, -0.05) is 6.92 Å². The van der Waals surface area contributed by atoms with Gasteiger partial charge in [-0.2, -0.15) is 37.9 Å². The van der Waals surface area contributed by atoms with Crippen molar-refractivity contribution < 1.29 is 0 Å². The lowest BCUT2D eigenvalue weighted by molar-refractivity contribution is 1.08. The maximum atomic E-state index is 4.36. The molecule has 0 bridgehead atoms. The molecule has 0 heterocycles. The monoisotopic (exact) mass is 214 g/mol. The zero-order valence-electron chi connectivity index (χ0n) is 6.03. The Morgan fingerprint density at radius 1 is 1.40 bits per heavy atom. The van der Waals surface area contributed by atoms with Gasteiger partial charge in [0.25, 0.3) is 0 Å². The van der Waals surface area contributed by atoms with Crippen LogP contribution in [0, 0.1) is 0 Å². The standard InChI is InChI=1S/C6H14S4/c1-5(8)6(9)10-4-2-3-7/h5-9H,2-4H2,1H3/t5?,6-/m1/s1. The van der Waals surface area contributed by atoms with Crippen molar-refractivity contribution in [2.24, 2.45) is 0 Å². The van der Waals surface area contributed by atoms with Gasteiger partial charge in [0.1, 0.15) is 0 Å². The minimum Gasteiger partial charge on any atom is -0.179 e. The third-order valence-electron chi connectivity index (χ3n) is 1.00. The first-order chi connectivity index (χ1) is 4.68. The Bertz CT molecular complexity index is 74.1. The van der Waals surface area contributed by atoms with Crippen LogP contribution < -0.4 is 0 Å². The topological polar surface area (TPSA) is 0 Å². The molecule has 0 spiro atoms. The Labute approximate surface area is 84.2 Å². The third kappa shape index (κ3) is 6.13. The van der Waals surface area contributed by atoms with Gasteiger partial charge in [0.05, 0.1) is 4.58 Å². The predicted molar refractivity (Wildman–Crippen MR) is 62.2 cm³/mol. The molecule has 1 unspecified atom stereocenters. The van der Waals surface area contributed by atoms with Gasteiger partial charge < -0.3 is 0 Å². The Hall–Kier alpha value is 1.40. The molecule has 0 aromatic rings. The van der Waals surface area contributed by atoms with Crippen molar-refractivity contribution in [2.75, 3.05) is 11.5 Å². The van der Waals surface area contributed by atoms with E-state index in [4.69, 9.17) is 0 Å². The van der Waals surface area contributed by atoms with E-state index < -0.39 is 0 Å². The molecule has 10 heavy (non-hydrogen) atoms. The molecule has 4 heteroatoms. The van der Waals surface area contributed by atoms with Crippen molar-refractivity contribution in [3.63, 3.8) is 0 Å². The fourth-order valence-electron chi connectivity index (χ4n) is 0.408. The molecule has 0 fully saturated rings. The molecule has 2 atom stereocenters. The molecule has 0 aliphatic carbocycles. The zero-order chi connectivity index (χ0) is 7.98. The molecule has 0 nitrogen and oxygen atoms in total. The molecule has 62 valence electrons. The lowest BCUT2D eigenvalue weighted by Gasteiger charge is -2.12. The summed E-state index contributed by atoms with van der Waals surface area (Å²) in [6, 6.07) is 0. The molecule has 0 saturated carbocycles.